The van der Waals surface area contributed by atoms with E-state index in [2.05, 4.69) is 34.6 Å². The summed E-state index contributed by atoms with van der Waals surface area (Å²) in [5.41, 5.74) is 4.04. The summed E-state index contributed by atoms with van der Waals surface area (Å²) in [6, 6.07) is 11.7. The molecule has 1 aromatic carbocycles. The summed E-state index contributed by atoms with van der Waals surface area (Å²) in [6.07, 6.45) is 1.26. The lowest BCUT2D eigenvalue weighted by molar-refractivity contribution is 0.573. The fourth-order valence-electron chi connectivity index (χ4n) is 2.48. The lowest BCUT2D eigenvalue weighted by atomic mass is 10.1. The van der Waals surface area contributed by atoms with E-state index in [0.717, 1.165) is 17.9 Å². The van der Waals surface area contributed by atoms with Gasteiger partial charge in [-0.15, -0.1) is 0 Å². The number of hydrogen-bond donors (Lipinski definition) is 3. The van der Waals surface area contributed by atoms with Crippen LogP contribution in [0.15, 0.2) is 36.4 Å². The van der Waals surface area contributed by atoms with Gasteiger partial charge in [0.1, 0.15) is 11.6 Å². The first-order valence-electron chi connectivity index (χ1n) is 7.23. The normalized spacial score (nSPS) is 19.1. The Kier molecular flexibility index (Phi) is 3.51. The minimum atomic E-state index is 0.456. The SMILES string of the molecule is CC1(C)CC1CNc1cc(NN)nc(-c2ccccc2)n1. The molecule has 0 radical (unpaired) electrons. The van der Waals surface area contributed by atoms with Crippen LogP contribution in [-0.4, -0.2) is 16.5 Å². The fourth-order valence-corrected chi connectivity index (χ4v) is 2.48. The maximum atomic E-state index is 5.51. The minimum Gasteiger partial charge on any atom is -0.370 e. The predicted molar refractivity (Wildman–Crippen MR) is 85.7 cm³/mol. The highest BCUT2D eigenvalue weighted by Crippen LogP contribution is 2.51. The Bertz CT molecular complexity index is 624. The summed E-state index contributed by atoms with van der Waals surface area (Å²) in [7, 11) is 0. The highest BCUT2D eigenvalue weighted by atomic mass is 15.3. The zero-order valence-corrected chi connectivity index (χ0v) is 12.4. The maximum Gasteiger partial charge on any atom is 0.163 e. The quantitative estimate of drug-likeness (QED) is 0.581. The fraction of sp³-hybridized carbons (Fsp3) is 0.375. The number of aromatic nitrogens is 2. The Morgan fingerprint density at radius 1 is 1.19 bits per heavy atom. The molecule has 4 N–H and O–H groups in total. The largest absolute Gasteiger partial charge is 0.370 e. The molecule has 1 atom stereocenters. The Morgan fingerprint density at radius 2 is 1.86 bits per heavy atom. The molecular weight excluding hydrogens is 262 g/mol. The Morgan fingerprint density at radius 3 is 2.48 bits per heavy atom. The summed E-state index contributed by atoms with van der Waals surface area (Å²) < 4.78 is 0. The molecule has 1 saturated carbocycles. The van der Waals surface area contributed by atoms with Gasteiger partial charge in [-0.2, -0.15) is 0 Å². The number of nitrogens with zero attached hydrogens (tertiary/aromatic N) is 2. The molecule has 1 unspecified atom stereocenters. The summed E-state index contributed by atoms with van der Waals surface area (Å²) in [5, 5.41) is 3.40. The van der Waals surface area contributed by atoms with Crippen LogP contribution in [0.2, 0.25) is 0 Å². The van der Waals surface area contributed by atoms with Crippen LogP contribution in [0.4, 0.5) is 11.6 Å². The van der Waals surface area contributed by atoms with Crippen molar-refractivity contribution >= 4 is 11.6 Å². The van der Waals surface area contributed by atoms with E-state index in [9.17, 15) is 0 Å². The zero-order chi connectivity index (χ0) is 14.9. The molecule has 5 heteroatoms. The standard InChI is InChI=1S/C16H21N5/c1-16(2)9-12(16)10-18-13-8-14(21-17)20-15(19-13)11-6-4-3-5-7-11/h3-8,12H,9-10,17H2,1-2H3,(H2,18,19,20,21). The third-order valence-electron chi connectivity index (χ3n) is 4.15. The third kappa shape index (κ3) is 3.13. The average Bonchev–Trinajstić information content (AvgIpc) is 3.13. The molecule has 0 saturated heterocycles. The smallest absolute Gasteiger partial charge is 0.163 e. The van der Waals surface area contributed by atoms with Gasteiger partial charge in [0, 0.05) is 18.2 Å². The predicted octanol–water partition coefficient (Wildman–Crippen LogP) is 2.89. The lowest BCUT2D eigenvalue weighted by Gasteiger charge is -2.10. The number of nitrogens with two attached hydrogens (primary N) is 1. The van der Waals surface area contributed by atoms with Crippen molar-refractivity contribution < 1.29 is 0 Å². The highest BCUT2D eigenvalue weighted by Gasteiger charge is 2.44. The van der Waals surface area contributed by atoms with Crippen LogP contribution in [0.1, 0.15) is 20.3 Å². The van der Waals surface area contributed by atoms with E-state index >= 15 is 0 Å². The summed E-state index contributed by atoms with van der Waals surface area (Å²) in [5.74, 6) is 8.31. The van der Waals surface area contributed by atoms with Crippen molar-refractivity contribution in [2.24, 2.45) is 17.2 Å². The Hall–Kier alpha value is -2.14. The molecule has 1 fully saturated rings. The summed E-state index contributed by atoms with van der Waals surface area (Å²) in [4.78, 5) is 8.99. The minimum absolute atomic E-state index is 0.456. The molecule has 0 aliphatic heterocycles. The molecule has 1 aliphatic carbocycles. The van der Waals surface area contributed by atoms with Crippen LogP contribution < -0.4 is 16.6 Å². The highest BCUT2D eigenvalue weighted by molar-refractivity contribution is 5.60. The Balaban J connectivity index is 1.80. The van der Waals surface area contributed by atoms with Gasteiger partial charge in [0.05, 0.1) is 0 Å². The number of hydrogen-bond acceptors (Lipinski definition) is 5. The molecule has 5 nitrogen and oxygen atoms in total. The number of benzene rings is 1. The van der Waals surface area contributed by atoms with Crippen molar-refractivity contribution in [3.63, 3.8) is 0 Å². The van der Waals surface area contributed by atoms with Crippen molar-refractivity contribution in [1.82, 2.24) is 9.97 Å². The molecule has 0 bridgehead atoms. The summed E-state index contributed by atoms with van der Waals surface area (Å²) >= 11 is 0. The van der Waals surface area contributed by atoms with Gasteiger partial charge in [0.2, 0.25) is 0 Å². The first kappa shape index (κ1) is 13.8. The third-order valence-corrected chi connectivity index (χ3v) is 4.15. The second-order valence-corrected chi connectivity index (χ2v) is 6.24. The monoisotopic (exact) mass is 283 g/mol. The van der Waals surface area contributed by atoms with E-state index in [4.69, 9.17) is 5.84 Å². The molecule has 0 spiro atoms. The maximum absolute atomic E-state index is 5.51. The van der Waals surface area contributed by atoms with Crippen molar-refractivity contribution in [2.75, 3.05) is 17.3 Å². The number of anilines is 2. The molecule has 1 heterocycles. The van der Waals surface area contributed by atoms with E-state index in [1.807, 2.05) is 36.4 Å². The Labute approximate surface area is 125 Å². The zero-order valence-electron chi connectivity index (χ0n) is 12.4. The topological polar surface area (TPSA) is 75.9 Å². The van der Waals surface area contributed by atoms with Crippen LogP contribution in [0, 0.1) is 11.3 Å². The summed E-state index contributed by atoms with van der Waals surface area (Å²) in [6.45, 7) is 5.52. The van der Waals surface area contributed by atoms with Gasteiger partial charge in [-0.05, 0) is 17.8 Å². The van der Waals surface area contributed by atoms with Gasteiger partial charge in [0.15, 0.2) is 5.82 Å². The van der Waals surface area contributed by atoms with E-state index < -0.39 is 0 Å². The second-order valence-electron chi connectivity index (χ2n) is 6.24. The average molecular weight is 283 g/mol. The molecule has 1 aliphatic rings. The molecular formula is C16H21N5. The van der Waals surface area contributed by atoms with Gasteiger partial charge in [-0.3, -0.25) is 0 Å². The van der Waals surface area contributed by atoms with Crippen molar-refractivity contribution in [3.8, 4) is 11.4 Å². The van der Waals surface area contributed by atoms with E-state index in [1.165, 1.54) is 6.42 Å². The van der Waals surface area contributed by atoms with Gasteiger partial charge in [-0.1, -0.05) is 44.2 Å². The molecule has 110 valence electrons. The van der Waals surface area contributed by atoms with Crippen LogP contribution in [0.3, 0.4) is 0 Å². The number of nitrogens with one attached hydrogen (secondary N) is 2. The van der Waals surface area contributed by atoms with Crippen LogP contribution in [0.5, 0.6) is 0 Å². The first-order chi connectivity index (χ1) is 10.1. The van der Waals surface area contributed by atoms with Crippen molar-refractivity contribution in [2.45, 2.75) is 20.3 Å². The molecule has 0 amide bonds. The lowest BCUT2D eigenvalue weighted by Crippen LogP contribution is -2.13. The number of hydrazine groups is 1. The molecule has 1 aromatic heterocycles. The van der Waals surface area contributed by atoms with Crippen molar-refractivity contribution in [1.29, 1.82) is 0 Å². The van der Waals surface area contributed by atoms with Crippen LogP contribution >= 0.6 is 0 Å². The van der Waals surface area contributed by atoms with Gasteiger partial charge in [-0.25, -0.2) is 15.8 Å². The van der Waals surface area contributed by atoms with Crippen LogP contribution in [0.25, 0.3) is 11.4 Å². The molecule has 2 aromatic rings. The van der Waals surface area contributed by atoms with Gasteiger partial charge < -0.3 is 10.7 Å². The molecule has 3 rings (SSSR count). The number of rotatable bonds is 5. The van der Waals surface area contributed by atoms with Gasteiger partial charge in [0.25, 0.3) is 0 Å². The van der Waals surface area contributed by atoms with E-state index in [1.54, 1.807) is 0 Å². The van der Waals surface area contributed by atoms with Crippen molar-refractivity contribution in [3.05, 3.63) is 36.4 Å². The van der Waals surface area contributed by atoms with Gasteiger partial charge >= 0.3 is 0 Å². The van der Waals surface area contributed by atoms with E-state index in [0.29, 0.717) is 23.0 Å². The molecule has 21 heavy (non-hydrogen) atoms. The first-order valence-corrected chi connectivity index (χ1v) is 7.23. The second kappa shape index (κ2) is 5.33. The van der Waals surface area contributed by atoms with E-state index in [-0.39, 0.29) is 0 Å². The van der Waals surface area contributed by atoms with Crippen LogP contribution in [-0.2, 0) is 0 Å². The number of nitrogen functional groups attached to an aromatic ring is 1.